The van der Waals surface area contributed by atoms with Crippen LogP contribution >= 0.6 is 0 Å². The summed E-state index contributed by atoms with van der Waals surface area (Å²) < 4.78 is 5.95. The molecule has 0 unspecified atom stereocenters. The van der Waals surface area contributed by atoms with Crippen LogP contribution in [0.25, 0.3) is 0 Å². The lowest BCUT2D eigenvalue weighted by Gasteiger charge is -2.29. The van der Waals surface area contributed by atoms with Crippen LogP contribution < -0.4 is 5.32 Å². The van der Waals surface area contributed by atoms with Crippen molar-refractivity contribution in [1.29, 1.82) is 0 Å². The first kappa shape index (κ1) is 18.0. The number of hydrogen-bond donors (Lipinski definition) is 1. The van der Waals surface area contributed by atoms with Crippen molar-refractivity contribution >= 4 is 11.8 Å². The van der Waals surface area contributed by atoms with E-state index in [1.54, 1.807) is 0 Å². The average molecular weight is 346 g/mol. The van der Waals surface area contributed by atoms with Crippen LogP contribution in [-0.4, -0.2) is 29.8 Å². The Morgan fingerprint density at radius 2 is 2.04 bits per heavy atom. The van der Waals surface area contributed by atoms with E-state index in [0.717, 1.165) is 56.6 Å². The molecule has 2 heterocycles. The number of nitrogens with one attached hydrogen (secondary N) is 1. The molecule has 0 radical (unpaired) electrons. The van der Waals surface area contributed by atoms with Gasteiger partial charge in [-0.25, -0.2) is 0 Å². The number of carbonyl (C=O) groups is 2. The highest BCUT2D eigenvalue weighted by Gasteiger charge is 2.30. The number of hydrogen-bond acceptors (Lipinski definition) is 3. The zero-order valence-corrected chi connectivity index (χ0v) is 15.3. The number of rotatable bonds is 7. The number of aryl methyl sites for hydroxylation is 1. The van der Waals surface area contributed by atoms with Crippen LogP contribution in [0, 0.1) is 5.92 Å². The molecule has 3 rings (SSSR count). The maximum atomic E-state index is 12.8. The second kappa shape index (κ2) is 8.54. The van der Waals surface area contributed by atoms with Gasteiger partial charge in [-0.1, -0.05) is 19.8 Å². The van der Waals surface area contributed by atoms with E-state index in [-0.39, 0.29) is 23.8 Å². The minimum atomic E-state index is 0.0661. The van der Waals surface area contributed by atoms with Crippen molar-refractivity contribution in [2.75, 3.05) is 13.1 Å². The Morgan fingerprint density at radius 3 is 2.76 bits per heavy atom. The minimum absolute atomic E-state index is 0.0661. The fourth-order valence-corrected chi connectivity index (χ4v) is 3.55. The van der Waals surface area contributed by atoms with Crippen molar-refractivity contribution in [3.63, 3.8) is 0 Å². The summed E-state index contributed by atoms with van der Waals surface area (Å²) in [5, 5.41) is 2.94. The van der Waals surface area contributed by atoms with Crippen LogP contribution in [-0.2, 0) is 16.0 Å². The van der Waals surface area contributed by atoms with Gasteiger partial charge in [0.05, 0.1) is 6.04 Å². The molecule has 1 aliphatic heterocycles. The molecule has 5 heteroatoms. The van der Waals surface area contributed by atoms with E-state index in [1.165, 1.54) is 6.42 Å². The van der Waals surface area contributed by atoms with Crippen LogP contribution in [0.1, 0.15) is 75.9 Å². The summed E-state index contributed by atoms with van der Waals surface area (Å²) in [6.45, 7) is 3.48. The minimum Gasteiger partial charge on any atom is -0.464 e. The molecule has 2 fully saturated rings. The Kier molecular flexibility index (Phi) is 6.16. The SMILES string of the molecule is CCc1ccc([C@@H]2CCCCCN2C(=O)CCCNC(=O)C2CC2)o1. The third kappa shape index (κ3) is 4.86. The lowest BCUT2D eigenvalue weighted by Crippen LogP contribution is -2.35. The first-order chi connectivity index (χ1) is 12.2. The molecule has 0 bridgehead atoms. The Labute approximate surface area is 150 Å². The third-order valence-corrected chi connectivity index (χ3v) is 5.25. The monoisotopic (exact) mass is 346 g/mol. The molecule has 1 N–H and O–H groups in total. The third-order valence-electron chi connectivity index (χ3n) is 5.25. The van der Waals surface area contributed by atoms with Gasteiger partial charge in [-0.2, -0.15) is 0 Å². The second-order valence-corrected chi connectivity index (χ2v) is 7.28. The molecule has 1 saturated heterocycles. The van der Waals surface area contributed by atoms with Crippen LogP contribution in [0.4, 0.5) is 0 Å². The molecular formula is C20H30N2O3. The number of amides is 2. The maximum Gasteiger partial charge on any atom is 0.223 e. The highest BCUT2D eigenvalue weighted by Crippen LogP contribution is 2.32. The molecular weight excluding hydrogens is 316 g/mol. The molecule has 1 aromatic heterocycles. The quantitative estimate of drug-likeness (QED) is 0.768. The van der Waals surface area contributed by atoms with Crippen molar-refractivity contribution < 1.29 is 14.0 Å². The average Bonchev–Trinajstić information content (AvgIpc) is 3.41. The molecule has 25 heavy (non-hydrogen) atoms. The van der Waals surface area contributed by atoms with Gasteiger partial charge >= 0.3 is 0 Å². The summed E-state index contributed by atoms with van der Waals surface area (Å²) in [4.78, 5) is 26.4. The number of nitrogens with zero attached hydrogens (tertiary/aromatic N) is 1. The second-order valence-electron chi connectivity index (χ2n) is 7.28. The predicted molar refractivity (Wildman–Crippen MR) is 96.0 cm³/mol. The zero-order chi connectivity index (χ0) is 17.6. The molecule has 2 amide bonds. The van der Waals surface area contributed by atoms with E-state index < -0.39 is 0 Å². The first-order valence-electron chi connectivity index (χ1n) is 9.85. The van der Waals surface area contributed by atoms with Crippen molar-refractivity contribution in [1.82, 2.24) is 10.2 Å². The van der Waals surface area contributed by atoms with Gasteiger partial charge in [-0.05, 0) is 44.2 Å². The van der Waals surface area contributed by atoms with Crippen molar-refractivity contribution in [2.45, 2.75) is 70.8 Å². The maximum absolute atomic E-state index is 12.8. The van der Waals surface area contributed by atoms with Crippen LogP contribution in [0.5, 0.6) is 0 Å². The zero-order valence-electron chi connectivity index (χ0n) is 15.3. The standard InChI is InChI=1S/C20H30N2O3/c1-2-16-11-12-18(25-16)17-7-4-3-5-14-22(17)19(23)8-6-13-21-20(24)15-9-10-15/h11-12,15,17H,2-10,13-14H2,1H3,(H,21,24)/t17-/m0/s1. The molecule has 0 spiro atoms. The Hall–Kier alpha value is -1.78. The van der Waals surface area contributed by atoms with E-state index in [0.29, 0.717) is 19.4 Å². The number of likely N-dealkylation sites (tertiary alicyclic amines) is 1. The summed E-state index contributed by atoms with van der Waals surface area (Å²) in [7, 11) is 0. The van der Waals surface area contributed by atoms with Gasteiger partial charge in [0, 0.05) is 31.8 Å². The first-order valence-corrected chi connectivity index (χ1v) is 9.85. The largest absolute Gasteiger partial charge is 0.464 e. The number of carbonyl (C=O) groups excluding carboxylic acids is 2. The van der Waals surface area contributed by atoms with E-state index in [2.05, 4.69) is 12.2 Å². The lowest BCUT2D eigenvalue weighted by atomic mass is 10.1. The summed E-state index contributed by atoms with van der Waals surface area (Å²) >= 11 is 0. The van der Waals surface area contributed by atoms with Crippen LogP contribution in [0.2, 0.25) is 0 Å². The summed E-state index contributed by atoms with van der Waals surface area (Å²) in [5.74, 6) is 2.48. The molecule has 2 aliphatic rings. The smallest absolute Gasteiger partial charge is 0.223 e. The Morgan fingerprint density at radius 1 is 1.20 bits per heavy atom. The van der Waals surface area contributed by atoms with Crippen LogP contribution in [0.3, 0.4) is 0 Å². The summed E-state index contributed by atoms with van der Waals surface area (Å²) in [6.07, 6.45) is 8.44. The number of furan rings is 1. The van der Waals surface area contributed by atoms with E-state index >= 15 is 0 Å². The molecule has 5 nitrogen and oxygen atoms in total. The van der Waals surface area contributed by atoms with Gasteiger partial charge < -0.3 is 14.6 Å². The molecule has 1 saturated carbocycles. The molecule has 1 aliphatic carbocycles. The van der Waals surface area contributed by atoms with E-state index in [1.807, 2.05) is 17.0 Å². The topological polar surface area (TPSA) is 62.6 Å². The predicted octanol–water partition coefficient (Wildman–Crippen LogP) is 3.59. The molecule has 1 aromatic rings. The highest BCUT2D eigenvalue weighted by atomic mass is 16.3. The van der Waals surface area contributed by atoms with Crippen molar-refractivity contribution in [3.05, 3.63) is 23.7 Å². The van der Waals surface area contributed by atoms with Crippen molar-refractivity contribution in [3.8, 4) is 0 Å². The molecule has 1 atom stereocenters. The normalized spacial score (nSPS) is 21.0. The van der Waals surface area contributed by atoms with Crippen LogP contribution in [0.15, 0.2) is 16.5 Å². The lowest BCUT2D eigenvalue weighted by molar-refractivity contribution is -0.134. The van der Waals surface area contributed by atoms with E-state index in [4.69, 9.17) is 4.42 Å². The van der Waals surface area contributed by atoms with E-state index in [9.17, 15) is 9.59 Å². The highest BCUT2D eigenvalue weighted by molar-refractivity contribution is 5.81. The fraction of sp³-hybridized carbons (Fsp3) is 0.700. The van der Waals surface area contributed by atoms with Gasteiger partial charge in [0.1, 0.15) is 11.5 Å². The fourth-order valence-electron chi connectivity index (χ4n) is 3.55. The van der Waals surface area contributed by atoms with Gasteiger partial charge in [0.2, 0.25) is 11.8 Å². The van der Waals surface area contributed by atoms with Crippen molar-refractivity contribution in [2.24, 2.45) is 5.92 Å². The Bertz CT molecular complexity index is 592. The Balaban J connectivity index is 1.54. The van der Waals surface area contributed by atoms with Gasteiger partial charge in [-0.3, -0.25) is 9.59 Å². The summed E-state index contributed by atoms with van der Waals surface area (Å²) in [5.41, 5.74) is 0. The molecule has 0 aromatic carbocycles. The van der Waals surface area contributed by atoms with Gasteiger partial charge in [-0.15, -0.1) is 0 Å². The molecule has 138 valence electrons. The van der Waals surface area contributed by atoms with Gasteiger partial charge in [0.25, 0.3) is 0 Å². The van der Waals surface area contributed by atoms with Gasteiger partial charge in [0.15, 0.2) is 0 Å². The summed E-state index contributed by atoms with van der Waals surface area (Å²) in [6, 6.07) is 4.12.